The maximum Gasteiger partial charge on any atom is 0.307 e. The molecule has 5 heteroatoms. The number of esters is 1. The predicted octanol–water partition coefficient (Wildman–Crippen LogP) is 1.49. The van der Waals surface area contributed by atoms with Gasteiger partial charge in [-0.05, 0) is 32.9 Å². The van der Waals surface area contributed by atoms with Gasteiger partial charge in [0.25, 0.3) is 0 Å². The zero-order valence-corrected chi connectivity index (χ0v) is 12.2. The number of aliphatic hydroxyl groups is 1. The molecule has 0 fully saturated rings. The quantitative estimate of drug-likeness (QED) is 0.772. The molecule has 0 aliphatic carbocycles. The van der Waals surface area contributed by atoms with Gasteiger partial charge in [-0.15, -0.1) is 0 Å². The van der Waals surface area contributed by atoms with Crippen molar-refractivity contribution >= 4 is 5.97 Å². The second-order valence-corrected chi connectivity index (χ2v) is 5.65. The topological polar surface area (TPSA) is 81.8 Å². The Morgan fingerprint density at radius 1 is 1.30 bits per heavy atom. The summed E-state index contributed by atoms with van der Waals surface area (Å²) < 4.78 is 10.5. The summed E-state index contributed by atoms with van der Waals surface area (Å²) >= 11 is 0. The van der Waals surface area contributed by atoms with Gasteiger partial charge < -0.3 is 20.3 Å². The maximum atomic E-state index is 11.6. The number of ether oxygens (including phenoxy) is 2. The van der Waals surface area contributed by atoms with Gasteiger partial charge in [-0.25, -0.2) is 0 Å². The van der Waals surface area contributed by atoms with Crippen molar-refractivity contribution in [3.8, 4) is 5.75 Å². The Hall–Kier alpha value is -1.59. The summed E-state index contributed by atoms with van der Waals surface area (Å²) in [7, 11) is 0. The fourth-order valence-electron chi connectivity index (χ4n) is 1.53. The van der Waals surface area contributed by atoms with Crippen molar-refractivity contribution in [2.24, 2.45) is 5.73 Å². The predicted molar refractivity (Wildman–Crippen MR) is 76.4 cm³/mol. The van der Waals surface area contributed by atoms with Crippen molar-refractivity contribution in [2.45, 2.75) is 44.9 Å². The van der Waals surface area contributed by atoms with Crippen LogP contribution in [0.15, 0.2) is 30.3 Å². The van der Waals surface area contributed by atoms with Crippen LogP contribution in [0, 0.1) is 0 Å². The molecule has 1 aromatic carbocycles. The standard InChI is InChI=1S/C15H23NO4/c1-15(2,3)20-14(18)9-12(16)13(17)10-19-11-7-5-4-6-8-11/h4-8,12-13,17H,9-10,16H2,1-3H3. The van der Waals surface area contributed by atoms with E-state index >= 15 is 0 Å². The SMILES string of the molecule is CC(C)(C)OC(=O)CC(N)C(O)COc1ccccc1. The molecule has 2 atom stereocenters. The van der Waals surface area contributed by atoms with Gasteiger partial charge in [-0.3, -0.25) is 4.79 Å². The molecule has 3 N–H and O–H groups in total. The number of aliphatic hydroxyl groups excluding tert-OH is 1. The van der Waals surface area contributed by atoms with Gasteiger partial charge in [0.2, 0.25) is 0 Å². The van der Waals surface area contributed by atoms with Crippen LogP contribution in [0.2, 0.25) is 0 Å². The van der Waals surface area contributed by atoms with Crippen LogP contribution in [0.3, 0.4) is 0 Å². The highest BCUT2D eigenvalue weighted by Gasteiger charge is 2.23. The summed E-state index contributed by atoms with van der Waals surface area (Å²) in [6, 6.07) is 8.40. The van der Waals surface area contributed by atoms with Crippen LogP contribution in [0.1, 0.15) is 27.2 Å². The zero-order valence-electron chi connectivity index (χ0n) is 12.2. The van der Waals surface area contributed by atoms with Gasteiger partial charge >= 0.3 is 5.97 Å². The lowest BCUT2D eigenvalue weighted by Crippen LogP contribution is -2.41. The molecule has 0 aliphatic rings. The molecule has 2 unspecified atom stereocenters. The minimum Gasteiger partial charge on any atom is -0.491 e. The fourth-order valence-corrected chi connectivity index (χ4v) is 1.53. The Kier molecular flexibility index (Phi) is 5.98. The molecular weight excluding hydrogens is 258 g/mol. The van der Waals surface area contributed by atoms with E-state index in [-0.39, 0.29) is 13.0 Å². The van der Waals surface area contributed by atoms with E-state index in [4.69, 9.17) is 15.2 Å². The third kappa shape index (κ3) is 6.54. The van der Waals surface area contributed by atoms with E-state index in [1.165, 1.54) is 0 Å². The van der Waals surface area contributed by atoms with Gasteiger partial charge in [0.1, 0.15) is 24.1 Å². The average Bonchev–Trinajstić information content (AvgIpc) is 2.34. The Morgan fingerprint density at radius 3 is 2.45 bits per heavy atom. The minimum atomic E-state index is -0.928. The number of carbonyl (C=O) groups is 1. The Balaban J connectivity index is 2.35. The van der Waals surface area contributed by atoms with E-state index in [2.05, 4.69) is 0 Å². The lowest BCUT2D eigenvalue weighted by molar-refractivity contribution is -0.156. The van der Waals surface area contributed by atoms with Gasteiger partial charge in [-0.1, -0.05) is 18.2 Å². The summed E-state index contributed by atoms with van der Waals surface area (Å²) in [5.74, 6) is 0.222. The molecule has 0 bridgehead atoms. The van der Waals surface area contributed by atoms with Crippen molar-refractivity contribution < 1.29 is 19.4 Å². The Labute approximate surface area is 119 Å². The lowest BCUT2D eigenvalue weighted by atomic mass is 10.1. The highest BCUT2D eigenvalue weighted by molar-refractivity contribution is 5.70. The smallest absolute Gasteiger partial charge is 0.307 e. The number of hydrogen-bond donors (Lipinski definition) is 2. The van der Waals surface area contributed by atoms with Crippen LogP contribution in [-0.2, 0) is 9.53 Å². The molecule has 0 spiro atoms. The minimum absolute atomic E-state index is 0.0357. The summed E-state index contributed by atoms with van der Waals surface area (Å²) in [6.45, 7) is 5.38. The van der Waals surface area contributed by atoms with Gasteiger partial charge in [-0.2, -0.15) is 0 Å². The molecule has 0 saturated heterocycles. The molecule has 1 rings (SSSR count). The fraction of sp³-hybridized carbons (Fsp3) is 0.533. The average molecular weight is 281 g/mol. The first-order valence-electron chi connectivity index (χ1n) is 6.61. The van der Waals surface area contributed by atoms with Crippen LogP contribution < -0.4 is 10.5 Å². The molecule has 0 radical (unpaired) electrons. The number of benzene rings is 1. The maximum absolute atomic E-state index is 11.6. The van der Waals surface area contributed by atoms with Crippen molar-refractivity contribution in [3.63, 3.8) is 0 Å². The third-order valence-electron chi connectivity index (χ3n) is 2.48. The monoisotopic (exact) mass is 281 g/mol. The van der Waals surface area contributed by atoms with Gasteiger partial charge in [0.15, 0.2) is 0 Å². The summed E-state index contributed by atoms with van der Waals surface area (Å²) in [4.78, 5) is 11.6. The van der Waals surface area contributed by atoms with Crippen LogP contribution in [-0.4, -0.2) is 35.4 Å². The van der Waals surface area contributed by atoms with Gasteiger partial charge in [0.05, 0.1) is 6.42 Å². The second-order valence-electron chi connectivity index (χ2n) is 5.65. The van der Waals surface area contributed by atoms with E-state index in [1.807, 2.05) is 18.2 Å². The van der Waals surface area contributed by atoms with E-state index in [0.717, 1.165) is 0 Å². The number of carbonyl (C=O) groups excluding carboxylic acids is 1. The van der Waals surface area contributed by atoms with Crippen molar-refractivity contribution in [2.75, 3.05) is 6.61 Å². The molecule has 1 aromatic rings. The van der Waals surface area contributed by atoms with Crippen molar-refractivity contribution in [3.05, 3.63) is 30.3 Å². The normalized spacial score (nSPS) is 14.4. The largest absolute Gasteiger partial charge is 0.491 e. The molecule has 20 heavy (non-hydrogen) atoms. The Morgan fingerprint density at radius 2 is 1.90 bits per heavy atom. The van der Waals surface area contributed by atoms with Crippen LogP contribution in [0.25, 0.3) is 0 Å². The summed E-state index contributed by atoms with van der Waals surface area (Å²) in [5.41, 5.74) is 5.22. The number of nitrogens with two attached hydrogens (primary N) is 1. The Bertz CT molecular complexity index is 414. The molecule has 0 aromatic heterocycles. The second kappa shape index (κ2) is 7.26. The van der Waals surface area contributed by atoms with Crippen molar-refractivity contribution in [1.29, 1.82) is 0 Å². The van der Waals surface area contributed by atoms with Gasteiger partial charge in [0, 0.05) is 6.04 Å². The number of para-hydroxylation sites is 1. The van der Waals surface area contributed by atoms with Crippen LogP contribution in [0.4, 0.5) is 0 Å². The number of hydrogen-bond acceptors (Lipinski definition) is 5. The first-order valence-corrected chi connectivity index (χ1v) is 6.61. The third-order valence-corrected chi connectivity index (χ3v) is 2.48. The molecule has 0 saturated carbocycles. The molecule has 0 aliphatic heterocycles. The first kappa shape index (κ1) is 16.5. The zero-order chi connectivity index (χ0) is 15.2. The van der Waals surface area contributed by atoms with E-state index in [9.17, 15) is 9.90 Å². The van der Waals surface area contributed by atoms with Crippen molar-refractivity contribution in [1.82, 2.24) is 0 Å². The molecule has 112 valence electrons. The van der Waals surface area contributed by atoms with E-state index in [1.54, 1.807) is 32.9 Å². The number of rotatable bonds is 6. The molecule has 0 amide bonds. The lowest BCUT2D eigenvalue weighted by Gasteiger charge is -2.23. The molecule has 5 nitrogen and oxygen atoms in total. The first-order chi connectivity index (χ1) is 9.28. The summed E-state index contributed by atoms with van der Waals surface area (Å²) in [6.07, 6.45) is -0.973. The highest BCUT2D eigenvalue weighted by Crippen LogP contribution is 2.12. The summed E-state index contributed by atoms with van der Waals surface area (Å²) in [5, 5.41) is 9.87. The van der Waals surface area contributed by atoms with E-state index in [0.29, 0.717) is 5.75 Å². The van der Waals surface area contributed by atoms with Crippen LogP contribution in [0.5, 0.6) is 5.75 Å². The molecular formula is C15H23NO4. The highest BCUT2D eigenvalue weighted by atomic mass is 16.6. The molecule has 0 heterocycles. The van der Waals surface area contributed by atoms with Crippen LogP contribution >= 0.6 is 0 Å². The van der Waals surface area contributed by atoms with E-state index < -0.39 is 23.7 Å².